The normalized spacial score (nSPS) is 25.1. The maximum atomic E-state index is 13.2. The maximum absolute atomic E-state index is 13.2. The van der Waals surface area contributed by atoms with Crippen LogP contribution in [0.2, 0.25) is 10.0 Å². The molecule has 0 amide bonds. The molecule has 1 aromatic carbocycles. The van der Waals surface area contributed by atoms with Crippen LogP contribution in [0, 0.1) is 0 Å². The van der Waals surface area contributed by atoms with Gasteiger partial charge in [0, 0.05) is 34.9 Å². The van der Waals surface area contributed by atoms with Crippen LogP contribution < -0.4 is 0 Å². The van der Waals surface area contributed by atoms with E-state index in [2.05, 4.69) is 10.1 Å². The minimum Gasteiger partial charge on any atom is -0.370 e. The summed E-state index contributed by atoms with van der Waals surface area (Å²) < 4.78 is 52.9. The molecule has 204 valence electrons. The Balaban J connectivity index is 1.11. The Hall–Kier alpha value is -2.20. The molecule has 0 N–H and O–H groups in total. The van der Waals surface area contributed by atoms with Crippen molar-refractivity contribution in [3.8, 4) is 11.3 Å². The number of aromatic nitrogens is 3. The van der Waals surface area contributed by atoms with Crippen LogP contribution in [0.5, 0.6) is 0 Å². The zero-order chi connectivity index (χ0) is 27.0. The summed E-state index contributed by atoms with van der Waals surface area (Å²) in [6.45, 7) is 0.355. The van der Waals surface area contributed by atoms with E-state index in [1.807, 2.05) is 0 Å². The van der Waals surface area contributed by atoms with E-state index in [-0.39, 0.29) is 11.0 Å². The monoisotopic (exact) mass is 593 g/mol. The summed E-state index contributed by atoms with van der Waals surface area (Å²) in [5.41, 5.74) is 1.53. The van der Waals surface area contributed by atoms with Gasteiger partial charge in [-0.3, -0.25) is 4.98 Å². The van der Waals surface area contributed by atoms with Gasteiger partial charge in [0.15, 0.2) is 0 Å². The third kappa shape index (κ3) is 4.46. The number of fused-ring (bicyclic) bond motifs is 4. The fourth-order valence-electron chi connectivity index (χ4n) is 6.21. The zero-order valence-electron chi connectivity index (χ0n) is 20.8. The van der Waals surface area contributed by atoms with E-state index in [1.54, 1.807) is 18.5 Å². The molecular formula is C28H24Cl2F3N3O2S. The van der Waals surface area contributed by atoms with Crippen LogP contribution >= 0.6 is 34.5 Å². The molecule has 4 fully saturated rings. The number of benzene rings is 1. The Bertz CT molecular complexity index is 1540. The standard InChI is InChI=1S/C28H24Cl2F3N3O2S/c29-18-12-34-13-19(30)22(18)23-17(24(38-36-23)15-1-2-15)14-37-27-8-5-26(6-9-27,7-10-27)25-35-20-11-16(28(31,32)33)3-4-21(20)39-25/h3-4,11-13,15H,1-2,5-10,14H2. The predicted octanol–water partition coefficient (Wildman–Crippen LogP) is 9.11. The van der Waals surface area contributed by atoms with Gasteiger partial charge in [-0.05, 0) is 69.6 Å². The van der Waals surface area contributed by atoms with Gasteiger partial charge in [0.25, 0.3) is 0 Å². The molecular weight excluding hydrogens is 570 g/mol. The first-order chi connectivity index (χ1) is 18.7. The number of hydrogen-bond acceptors (Lipinski definition) is 6. The summed E-state index contributed by atoms with van der Waals surface area (Å²) in [4.78, 5) is 8.77. The Labute approximate surface area is 236 Å². The Morgan fingerprint density at radius 3 is 2.36 bits per heavy atom. The van der Waals surface area contributed by atoms with Crippen molar-refractivity contribution in [3.63, 3.8) is 0 Å². The van der Waals surface area contributed by atoms with E-state index < -0.39 is 11.7 Å². The van der Waals surface area contributed by atoms with Crippen molar-refractivity contribution in [1.82, 2.24) is 15.1 Å². The van der Waals surface area contributed by atoms with E-state index in [0.717, 1.165) is 78.5 Å². The second-order valence-electron chi connectivity index (χ2n) is 11.1. The molecule has 4 saturated carbocycles. The fourth-order valence-corrected chi connectivity index (χ4v) is 7.97. The SMILES string of the molecule is FC(F)(F)c1ccc2sc(C34CCC(OCc5c(-c6c(Cl)cncc6Cl)noc5C5CC5)(CC3)CC4)nc2c1. The molecule has 4 aliphatic rings. The molecule has 8 rings (SSSR count). The average Bonchev–Trinajstić information content (AvgIpc) is 3.53. The lowest BCUT2D eigenvalue weighted by atomic mass is 9.59. The van der Waals surface area contributed by atoms with Crippen molar-refractivity contribution in [2.75, 3.05) is 0 Å². The molecule has 0 saturated heterocycles. The summed E-state index contributed by atoms with van der Waals surface area (Å²) in [5, 5.41) is 6.13. The lowest BCUT2D eigenvalue weighted by Crippen LogP contribution is -2.49. The van der Waals surface area contributed by atoms with Crippen molar-refractivity contribution in [1.29, 1.82) is 0 Å². The van der Waals surface area contributed by atoms with Crippen molar-refractivity contribution >= 4 is 44.8 Å². The number of thiazole rings is 1. The smallest absolute Gasteiger partial charge is 0.370 e. The van der Waals surface area contributed by atoms with Gasteiger partial charge >= 0.3 is 6.18 Å². The van der Waals surface area contributed by atoms with Crippen LogP contribution in [0.1, 0.15) is 79.2 Å². The number of rotatable bonds is 6. The summed E-state index contributed by atoms with van der Waals surface area (Å²) in [6, 6.07) is 3.86. The molecule has 4 aliphatic carbocycles. The summed E-state index contributed by atoms with van der Waals surface area (Å²) in [6.07, 6.45) is 6.12. The summed E-state index contributed by atoms with van der Waals surface area (Å²) in [7, 11) is 0. The zero-order valence-corrected chi connectivity index (χ0v) is 23.1. The minimum atomic E-state index is -4.37. The van der Waals surface area contributed by atoms with Gasteiger partial charge in [0.05, 0.1) is 43.0 Å². The third-order valence-corrected chi connectivity index (χ3v) is 10.6. The molecule has 5 nitrogen and oxygen atoms in total. The molecule has 0 unspecified atom stereocenters. The number of pyridine rings is 1. The van der Waals surface area contributed by atoms with Crippen molar-refractivity contribution in [2.24, 2.45) is 0 Å². The van der Waals surface area contributed by atoms with Crippen LogP contribution in [0.4, 0.5) is 13.2 Å². The molecule has 0 atom stereocenters. The highest BCUT2D eigenvalue weighted by Gasteiger charge is 2.52. The van der Waals surface area contributed by atoms with Gasteiger partial charge < -0.3 is 9.26 Å². The fraction of sp³-hybridized carbons (Fsp3) is 0.464. The number of halogens is 5. The van der Waals surface area contributed by atoms with Crippen LogP contribution in [-0.2, 0) is 22.9 Å². The molecule has 3 aromatic heterocycles. The van der Waals surface area contributed by atoms with Gasteiger partial charge in [-0.25, -0.2) is 4.98 Å². The van der Waals surface area contributed by atoms with E-state index in [0.29, 0.717) is 39.3 Å². The first-order valence-corrected chi connectivity index (χ1v) is 14.6. The van der Waals surface area contributed by atoms with E-state index >= 15 is 0 Å². The van der Waals surface area contributed by atoms with Crippen LogP contribution in [0.25, 0.3) is 21.5 Å². The Morgan fingerprint density at radius 2 is 1.72 bits per heavy atom. The molecule has 0 aliphatic heterocycles. The van der Waals surface area contributed by atoms with Gasteiger partial charge in [0.2, 0.25) is 0 Å². The lowest BCUT2D eigenvalue weighted by molar-refractivity contribution is -0.137. The van der Waals surface area contributed by atoms with E-state index in [4.69, 9.17) is 37.4 Å². The summed E-state index contributed by atoms with van der Waals surface area (Å²) >= 11 is 14.4. The highest BCUT2D eigenvalue weighted by Crippen LogP contribution is 2.57. The topological polar surface area (TPSA) is 61.0 Å². The molecule has 39 heavy (non-hydrogen) atoms. The number of hydrogen-bond donors (Lipinski definition) is 0. The maximum Gasteiger partial charge on any atom is 0.416 e. The molecule has 4 aromatic rings. The Morgan fingerprint density at radius 1 is 1.03 bits per heavy atom. The predicted molar refractivity (Wildman–Crippen MR) is 143 cm³/mol. The quantitative estimate of drug-likeness (QED) is 0.223. The molecule has 0 spiro atoms. The number of alkyl halides is 3. The highest BCUT2D eigenvalue weighted by molar-refractivity contribution is 7.18. The molecule has 3 heterocycles. The molecule has 11 heteroatoms. The number of nitrogens with zero attached hydrogens (tertiary/aromatic N) is 3. The van der Waals surface area contributed by atoms with Crippen molar-refractivity contribution in [3.05, 3.63) is 62.5 Å². The van der Waals surface area contributed by atoms with Gasteiger partial charge in [-0.15, -0.1) is 11.3 Å². The lowest BCUT2D eigenvalue weighted by Gasteiger charge is -2.52. The molecule has 0 radical (unpaired) electrons. The number of ether oxygens (including phenoxy) is 1. The van der Waals surface area contributed by atoms with Gasteiger partial charge in [0.1, 0.15) is 11.5 Å². The summed E-state index contributed by atoms with van der Waals surface area (Å²) in [5.74, 6) is 1.18. The van der Waals surface area contributed by atoms with Crippen molar-refractivity contribution in [2.45, 2.75) is 81.1 Å². The first kappa shape index (κ1) is 25.7. The van der Waals surface area contributed by atoms with Crippen molar-refractivity contribution < 1.29 is 22.4 Å². The van der Waals surface area contributed by atoms with Crippen LogP contribution in [0.15, 0.2) is 35.1 Å². The molecule has 2 bridgehead atoms. The van der Waals surface area contributed by atoms with E-state index in [1.165, 1.54) is 17.4 Å². The van der Waals surface area contributed by atoms with Gasteiger partial charge in [-0.2, -0.15) is 13.2 Å². The van der Waals surface area contributed by atoms with Crippen LogP contribution in [0.3, 0.4) is 0 Å². The van der Waals surface area contributed by atoms with E-state index in [9.17, 15) is 13.2 Å². The second kappa shape index (κ2) is 9.16. The van der Waals surface area contributed by atoms with Gasteiger partial charge in [-0.1, -0.05) is 28.4 Å². The second-order valence-corrected chi connectivity index (χ2v) is 12.9. The third-order valence-electron chi connectivity index (χ3n) is 8.73. The minimum absolute atomic E-state index is 0.104. The largest absolute Gasteiger partial charge is 0.416 e. The van der Waals surface area contributed by atoms with Crippen LogP contribution in [-0.4, -0.2) is 20.7 Å². The highest BCUT2D eigenvalue weighted by atomic mass is 35.5. The first-order valence-electron chi connectivity index (χ1n) is 13.1. The average molecular weight is 594 g/mol. The Kier molecular flexibility index (Phi) is 6.05.